The summed E-state index contributed by atoms with van der Waals surface area (Å²) in [6.07, 6.45) is -1.93. The summed E-state index contributed by atoms with van der Waals surface area (Å²) in [6.45, 7) is 10.2. The molecule has 20 heavy (non-hydrogen) atoms. The van der Waals surface area contributed by atoms with Gasteiger partial charge in [-0.15, -0.1) is 6.58 Å². The highest BCUT2D eigenvalue weighted by Gasteiger charge is 2.45. The summed E-state index contributed by atoms with van der Waals surface area (Å²) in [5.74, 6) is -0.0197. The van der Waals surface area contributed by atoms with E-state index in [2.05, 4.69) is 11.6 Å². The lowest BCUT2D eigenvalue weighted by Gasteiger charge is -2.38. The van der Waals surface area contributed by atoms with Crippen molar-refractivity contribution >= 4 is 5.82 Å². The van der Waals surface area contributed by atoms with E-state index in [0.717, 1.165) is 5.57 Å². The first kappa shape index (κ1) is 16.5. The zero-order chi connectivity index (χ0) is 15.6. The van der Waals surface area contributed by atoms with Crippen LogP contribution in [0.1, 0.15) is 39.7 Å². The van der Waals surface area contributed by atoms with Crippen molar-refractivity contribution in [1.82, 2.24) is 4.98 Å². The summed E-state index contributed by atoms with van der Waals surface area (Å²) in [5.41, 5.74) is 0.432. The normalized spacial score (nSPS) is 12.3. The summed E-state index contributed by atoms with van der Waals surface area (Å²) in [4.78, 5) is 4.39. The second kappa shape index (κ2) is 5.85. The van der Waals surface area contributed by atoms with Gasteiger partial charge in [-0.25, -0.2) is 4.98 Å². The molecule has 1 rings (SSSR count). The van der Waals surface area contributed by atoms with Crippen LogP contribution in [0.15, 0.2) is 30.5 Å². The van der Waals surface area contributed by atoms with Crippen LogP contribution in [0.5, 0.6) is 0 Å². The first-order valence-corrected chi connectivity index (χ1v) is 6.49. The molecular weight excluding hydrogens is 265 g/mol. The van der Waals surface area contributed by atoms with Gasteiger partial charge >= 0.3 is 6.30 Å². The number of allylic oxidation sites excluding steroid dienone is 1. The van der Waals surface area contributed by atoms with Crippen LogP contribution < -0.4 is 4.90 Å². The van der Waals surface area contributed by atoms with Gasteiger partial charge < -0.3 is 0 Å². The lowest BCUT2D eigenvalue weighted by atomic mass is 10.0. The quantitative estimate of drug-likeness (QED) is 0.588. The fourth-order valence-electron chi connectivity index (χ4n) is 1.99. The number of alkyl halides is 3. The van der Waals surface area contributed by atoms with Gasteiger partial charge in [-0.2, -0.15) is 13.2 Å². The second-order valence-electron chi connectivity index (χ2n) is 5.92. The maximum absolute atomic E-state index is 13.3. The average Bonchev–Trinajstić information content (AvgIpc) is 2.23. The van der Waals surface area contributed by atoms with Crippen molar-refractivity contribution in [2.24, 2.45) is 0 Å². The lowest BCUT2D eigenvalue weighted by molar-refractivity contribution is -0.140. The molecule has 5 heteroatoms. The molecule has 2 nitrogen and oxygen atoms in total. The third-order valence-electron chi connectivity index (χ3n) is 2.82. The van der Waals surface area contributed by atoms with E-state index in [1.165, 1.54) is 27.0 Å². The molecule has 0 aliphatic heterocycles. The first-order chi connectivity index (χ1) is 9.03. The van der Waals surface area contributed by atoms with Crippen molar-refractivity contribution in [2.45, 2.75) is 52.4 Å². The molecule has 1 aromatic heterocycles. The number of halogens is 3. The highest BCUT2D eigenvalue weighted by Crippen LogP contribution is 2.36. The third kappa shape index (κ3) is 4.25. The van der Waals surface area contributed by atoms with Gasteiger partial charge in [0.05, 0.1) is 0 Å². The van der Waals surface area contributed by atoms with Gasteiger partial charge in [-0.05, 0) is 52.2 Å². The first-order valence-electron chi connectivity index (χ1n) is 6.49. The fraction of sp³-hybridized carbons (Fsp3) is 0.533. The Labute approximate surface area is 118 Å². The van der Waals surface area contributed by atoms with Crippen molar-refractivity contribution in [3.05, 3.63) is 36.0 Å². The van der Waals surface area contributed by atoms with E-state index < -0.39 is 11.8 Å². The standard InChI is InChI=1S/C15H21F3N2/c1-11(2)8-9-12-7-6-10-19-13(12)20(14(3,4)5)15(16,17)18/h6-7,10H,1,8-9H2,2-5H3. The summed E-state index contributed by atoms with van der Waals surface area (Å²) in [6, 6.07) is 3.35. The minimum Gasteiger partial charge on any atom is -0.263 e. The molecule has 112 valence electrons. The van der Waals surface area contributed by atoms with Crippen LogP contribution in [0.4, 0.5) is 19.0 Å². The van der Waals surface area contributed by atoms with Crippen LogP contribution in [-0.2, 0) is 6.42 Å². The van der Waals surface area contributed by atoms with Crippen molar-refractivity contribution in [3.8, 4) is 0 Å². The van der Waals surface area contributed by atoms with Crippen molar-refractivity contribution in [2.75, 3.05) is 4.90 Å². The molecule has 0 spiro atoms. The molecule has 0 saturated heterocycles. The predicted octanol–water partition coefficient (Wildman–Crippen LogP) is 4.72. The molecule has 0 aliphatic rings. The van der Waals surface area contributed by atoms with E-state index >= 15 is 0 Å². The Hall–Kier alpha value is -1.52. The highest BCUT2D eigenvalue weighted by molar-refractivity contribution is 5.50. The smallest absolute Gasteiger partial charge is 0.263 e. The molecule has 1 heterocycles. The van der Waals surface area contributed by atoms with Gasteiger partial charge in [-0.3, -0.25) is 4.90 Å². The zero-order valence-electron chi connectivity index (χ0n) is 12.4. The Morgan fingerprint density at radius 3 is 2.35 bits per heavy atom. The van der Waals surface area contributed by atoms with E-state index in [1.807, 2.05) is 6.92 Å². The molecule has 0 N–H and O–H groups in total. The number of anilines is 1. The van der Waals surface area contributed by atoms with Crippen LogP contribution in [0.3, 0.4) is 0 Å². The number of aromatic nitrogens is 1. The Bertz CT molecular complexity index is 459. The summed E-state index contributed by atoms with van der Waals surface area (Å²) >= 11 is 0. The maximum atomic E-state index is 13.3. The molecule has 0 fully saturated rings. The highest BCUT2D eigenvalue weighted by atomic mass is 19.4. The van der Waals surface area contributed by atoms with Gasteiger partial charge in [0.1, 0.15) is 5.82 Å². The minimum atomic E-state index is -4.47. The largest absolute Gasteiger partial charge is 0.486 e. The maximum Gasteiger partial charge on any atom is 0.486 e. The number of rotatable bonds is 4. The predicted molar refractivity (Wildman–Crippen MR) is 75.7 cm³/mol. The van der Waals surface area contributed by atoms with Gasteiger partial charge in [0.2, 0.25) is 0 Å². The van der Waals surface area contributed by atoms with E-state index in [9.17, 15) is 13.2 Å². The van der Waals surface area contributed by atoms with Gasteiger partial charge in [0.25, 0.3) is 0 Å². The SMILES string of the molecule is C=C(C)CCc1cccnc1N(C(C)(C)C)C(F)(F)F. The molecule has 0 saturated carbocycles. The number of hydrogen-bond acceptors (Lipinski definition) is 2. The number of nitrogens with zero attached hydrogens (tertiary/aromatic N) is 2. The molecule has 0 unspecified atom stereocenters. The van der Waals surface area contributed by atoms with E-state index in [-0.39, 0.29) is 5.82 Å². The minimum absolute atomic E-state index is 0.0197. The Morgan fingerprint density at radius 1 is 1.30 bits per heavy atom. The summed E-state index contributed by atoms with van der Waals surface area (Å²) in [5, 5.41) is 0. The number of hydrogen-bond donors (Lipinski definition) is 0. The lowest BCUT2D eigenvalue weighted by Crippen LogP contribution is -2.51. The second-order valence-corrected chi connectivity index (χ2v) is 5.92. The van der Waals surface area contributed by atoms with Crippen LogP contribution in [-0.4, -0.2) is 16.8 Å². The molecule has 0 aliphatic carbocycles. The average molecular weight is 286 g/mol. The van der Waals surface area contributed by atoms with Crippen molar-refractivity contribution < 1.29 is 13.2 Å². The van der Waals surface area contributed by atoms with E-state index in [4.69, 9.17) is 0 Å². The van der Waals surface area contributed by atoms with Crippen molar-refractivity contribution in [3.63, 3.8) is 0 Å². The fourth-order valence-corrected chi connectivity index (χ4v) is 1.99. The van der Waals surface area contributed by atoms with Crippen molar-refractivity contribution in [1.29, 1.82) is 0 Å². The molecule has 0 bridgehead atoms. The third-order valence-corrected chi connectivity index (χ3v) is 2.82. The number of pyridine rings is 1. The van der Waals surface area contributed by atoms with Crippen LogP contribution in [0.25, 0.3) is 0 Å². The molecule has 0 amide bonds. The monoisotopic (exact) mass is 286 g/mol. The Morgan fingerprint density at radius 2 is 1.90 bits per heavy atom. The topological polar surface area (TPSA) is 16.1 Å². The van der Waals surface area contributed by atoms with E-state index in [1.54, 1.807) is 12.1 Å². The molecule has 0 aromatic carbocycles. The molecule has 0 radical (unpaired) electrons. The Balaban J connectivity index is 3.24. The Kier molecular flexibility index (Phi) is 4.84. The van der Waals surface area contributed by atoms with Gasteiger partial charge in [0.15, 0.2) is 0 Å². The van der Waals surface area contributed by atoms with Crippen LogP contribution >= 0.6 is 0 Å². The molecule has 1 aromatic rings. The van der Waals surface area contributed by atoms with Gasteiger partial charge in [0, 0.05) is 11.7 Å². The molecule has 0 atom stereocenters. The molecular formula is C15H21F3N2. The summed E-state index contributed by atoms with van der Waals surface area (Å²) < 4.78 is 40.0. The number of aryl methyl sites for hydroxylation is 1. The van der Waals surface area contributed by atoms with Crippen LogP contribution in [0.2, 0.25) is 0 Å². The summed E-state index contributed by atoms with van der Waals surface area (Å²) in [7, 11) is 0. The van der Waals surface area contributed by atoms with E-state index in [0.29, 0.717) is 23.3 Å². The zero-order valence-corrected chi connectivity index (χ0v) is 12.4. The van der Waals surface area contributed by atoms with Gasteiger partial charge in [-0.1, -0.05) is 11.6 Å². The van der Waals surface area contributed by atoms with Crippen LogP contribution in [0, 0.1) is 0 Å².